The van der Waals surface area contributed by atoms with Crippen molar-refractivity contribution in [2.75, 3.05) is 0 Å². The lowest BCUT2D eigenvalue weighted by molar-refractivity contribution is -0.136. The first-order valence-electron chi connectivity index (χ1n) is 4.63. The summed E-state index contributed by atoms with van der Waals surface area (Å²) in [6.45, 7) is 0. The van der Waals surface area contributed by atoms with Gasteiger partial charge in [0.15, 0.2) is 0 Å². The molecular weight excluding hydrogens is 202 g/mol. The summed E-state index contributed by atoms with van der Waals surface area (Å²) < 4.78 is 22.3. The van der Waals surface area contributed by atoms with Gasteiger partial charge in [0.1, 0.15) is 0 Å². The van der Waals surface area contributed by atoms with Crippen LogP contribution in [0.3, 0.4) is 0 Å². The molecule has 0 amide bonds. The fourth-order valence-electron chi connectivity index (χ4n) is 0.865. The number of hydrogen-bond acceptors (Lipinski definition) is 1. The predicted molar refractivity (Wildman–Crippen MR) is 52.0 cm³/mol. The Bertz CT molecular complexity index is 317. The Hall–Kier alpha value is -1.45. The van der Waals surface area contributed by atoms with Gasteiger partial charge in [-0.2, -0.15) is 0 Å². The SMILES string of the molecule is FC1(F)CC1.O=C(O)Cc1ccccc1. The van der Waals surface area contributed by atoms with Crippen molar-refractivity contribution in [2.45, 2.75) is 25.2 Å². The molecule has 4 heteroatoms. The van der Waals surface area contributed by atoms with Gasteiger partial charge < -0.3 is 5.11 Å². The molecule has 82 valence electrons. The molecule has 1 saturated carbocycles. The van der Waals surface area contributed by atoms with Gasteiger partial charge >= 0.3 is 5.97 Å². The monoisotopic (exact) mass is 214 g/mol. The molecule has 2 rings (SSSR count). The molecule has 0 atom stereocenters. The van der Waals surface area contributed by atoms with E-state index in [1.54, 1.807) is 12.1 Å². The Morgan fingerprint density at radius 1 is 1.27 bits per heavy atom. The number of carbonyl (C=O) groups is 1. The van der Waals surface area contributed by atoms with Crippen LogP contribution in [-0.4, -0.2) is 17.0 Å². The van der Waals surface area contributed by atoms with E-state index in [-0.39, 0.29) is 19.3 Å². The van der Waals surface area contributed by atoms with E-state index in [9.17, 15) is 13.6 Å². The number of alkyl halides is 2. The number of halogens is 2. The summed E-state index contributed by atoms with van der Waals surface area (Å²) in [5.74, 6) is -3.04. The zero-order chi connectivity index (χ0) is 11.3. The Morgan fingerprint density at radius 3 is 2.07 bits per heavy atom. The van der Waals surface area contributed by atoms with E-state index in [4.69, 9.17) is 5.11 Å². The standard InChI is InChI=1S/C8H8O2.C3H4F2/c9-8(10)6-7-4-2-1-3-5-7;4-3(5)1-2-3/h1-5H,6H2,(H,9,10);1-2H2. The molecule has 2 nitrogen and oxygen atoms in total. The minimum Gasteiger partial charge on any atom is -0.481 e. The number of aliphatic carboxylic acids is 1. The van der Waals surface area contributed by atoms with Crippen molar-refractivity contribution in [3.8, 4) is 0 Å². The molecule has 0 bridgehead atoms. The molecule has 1 aliphatic carbocycles. The maximum atomic E-state index is 11.1. The molecule has 0 heterocycles. The molecule has 0 unspecified atom stereocenters. The summed E-state index contributed by atoms with van der Waals surface area (Å²) in [6.07, 6.45) is 0.348. The maximum Gasteiger partial charge on any atom is 0.307 e. The summed E-state index contributed by atoms with van der Waals surface area (Å²) in [5.41, 5.74) is 0.843. The van der Waals surface area contributed by atoms with Crippen LogP contribution in [0.5, 0.6) is 0 Å². The third-order valence-corrected chi connectivity index (χ3v) is 1.83. The summed E-state index contributed by atoms with van der Waals surface area (Å²) in [4.78, 5) is 10.2. The quantitative estimate of drug-likeness (QED) is 0.821. The van der Waals surface area contributed by atoms with Crippen LogP contribution in [0, 0.1) is 0 Å². The van der Waals surface area contributed by atoms with E-state index in [1.807, 2.05) is 18.2 Å². The van der Waals surface area contributed by atoms with Crippen LogP contribution in [0.15, 0.2) is 30.3 Å². The van der Waals surface area contributed by atoms with Gasteiger partial charge in [0.25, 0.3) is 0 Å². The van der Waals surface area contributed by atoms with Crippen molar-refractivity contribution >= 4 is 5.97 Å². The molecule has 15 heavy (non-hydrogen) atoms. The van der Waals surface area contributed by atoms with E-state index < -0.39 is 11.9 Å². The average molecular weight is 214 g/mol. The lowest BCUT2D eigenvalue weighted by Crippen LogP contribution is -1.98. The highest BCUT2D eigenvalue weighted by atomic mass is 19.3. The van der Waals surface area contributed by atoms with E-state index in [0.29, 0.717) is 0 Å². The van der Waals surface area contributed by atoms with Crippen LogP contribution in [-0.2, 0) is 11.2 Å². The normalized spacial score (nSPS) is 16.1. The fourth-order valence-corrected chi connectivity index (χ4v) is 0.865. The molecule has 1 aliphatic rings. The average Bonchev–Trinajstić information content (AvgIpc) is 2.83. The molecule has 0 radical (unpaired) electrons. The number of carboxylic acids is 1. The Kier molecular flexibility index (Phi) is 3.77. The lowest BCUT2D eigenvalue weighted by atomic mass is 10.2. The molecular formula is C11H12F2O2. The first-order valence-corrected chi connectivity index (χ1v) is 4.63. The van der Waals surface area contributed by atoms with E-state index in [2.05, 4.69) is 0 Å². The zero-order valence-corrected chi connectivity index (χ0v) is 8.12. The van der Waals surface area contributed by atoms with Crippen molar-refractivity contribution in [2.24, 2.45) is 0 Å². The van der Waals surface area contributed by atoms with Gasteiger partial charge in [0, 0.05) is 12.8 Å². The van der Waals surface area contributed by atoms with Gasteiger partial charge in [-0.1, -0.05) is 30.3 Å². The van der Waals surface area contributed by atoms with E-state index in [1.165, 1.54) is 0 Å². The minimum atomic E-state index is -2.25. The van der Waals surface area contributed by atoms with Crippen LogP contribution in [0.2, 0.25) is 0 Å². The molecule has 0 aromatic heterocycles. The highest BCUT2D eigenvalue weighted by Gasteiger charge is 2.43. The highest BCUT2D eigenvalue weighted by molar-refractivity contribution is 5.70. The fraction of sp³-hybridized carbons (Fsp3) is 0.364. The maximum absolute atomic E-state index is 11.1. The van der Waals surface area contributed by atoms with E-state index >= 15 is 0 Å². The molecule has 0 saturated heterocycles. The van der Waals surface area contributed by atoms with Gasteiger partial charge in [-0.3, -0.25) is 4.79 Å². The van der Waals surface area contributed by atoms with Crippen LogP contribution in [0.25, 0.3) is 0 Å². The van der Waals surface area contributed by atoms with Crippen molar-refractivity contribution in [3.63, 3.8) is 0 Å². The van der Waals surface area contributed by atoms with E-state index in [0.717, 1.165) is 5.56 Å². The number of benzene rings is 1. The van der Waals surface area contributed by atoms with Crippen LogP contribution in [0.4, 0.5) is 8.78 Å². The van der Waals surface area contributed by atoms with Crippen molar-refractivity contribution < 1.29 is 18.7 Å². The van der Waals surface area contributed by atoms with Crippen LogP contribution < -0.4 is 0 Å². The first kappa shape index (κ1) is 11.6. The Morgan fingerprint density at radius 2 is 1.73 bits per heavy atom. The van der Waals surface area contributed by atoms with Gasteiger partial charge in [-0.25, -0.2) is 8.78 Å². The van der Waals surface area contributed by atoms with Gasteiger partial charge in [0.2, 0.25) is 5.92 Å². The molecule has 1 aromatic carbocycles. The van der Waals surface area contributed by atoms with Crippen molar-refractivity contribution in [1.29, 1.82) is 0 Å². The summed E-state index contributed by atoms with van der Waals surface area (Å²) in [7, 11) is 0. The summed E-state index contributed by atoms with van der Waals surface area (Å²) in [5, 5.41) is 8.37. The second-order valence-corrected chi connectivity index (χ2v) is 3.41. The van der Waals surface area contributed by atoms with Gasteiger partial charge in [0.05, 0.1) is 6.42 Å². The number of hydrogen-bond donors (Lipinski definition) is 1. The third-order valence-electron chi connectivity index (χ3n) is 1.83. The number of rotatable bonds is 2. The predicted octanol–water partition coefficient (Wildman–Crippen LogP) is 2.73. The smallest absolute Gasteiger partial charge is 0.307 e. The van der Waals surface area contributed by atoms with Crippen molar-refractivity contribution in [1.82, 2.24) is 0 Å². The highest BCUT2D eigenvalue weighted by Crippen LogP contribution is 2.40. The van der Waals surface area contributed by atoms with Crippen LogP contribution >= 0.6 is 0 Å². The molecule has 0 spiro atoms. The second-order valence-electron chi connectivity index (χ2n) is 3.41. The molecule has 0 aliphatic heterocycles. The topological polar surface area (TPSA) is 37.3 Å². The second kappa shape index (κ2) is 4.87. The minimum absolute atomic E-state index is 0.112. The largest absolute Gasteiger partial charge is 0.481 e. The molecule has 1 fully saturated rings. The van der Waals surface area contributed by atoms with Gasteiger partial charge in [-0.15, -0.1) is 0 Å². The zero-order valence-electron chi connectivity index (χ0n) is 8.12. The summed E-state index contributed by atoms with van der Waals surface area (Å²) in [6, 6.07) is 9.13. The first-order chi connectivity index (χ1) is 6.99. The van der Waals surface area contributed by atoms with Crippen molar-refractivity contribution in [3.05, 3.63) is 35.9 Å². The molecule has 1 aromatic rings. The Balaban J connectivity index is 0.000000187. The Labute approximate surface area is 86.5 Å². The number of carboxylic acid groups (broad SMARTS) is 1. The van der Waals surface area contributed by atoms with Gasteiger partial charge in [-0.05, 0) is 5.56 Å². The molecule has 1 N–H and O–H groups in total. The lowest BCUT2D eigenvalue weighted by Gasteiger charge is -1.92. The summed E-state index contributed by atoms with van der Waals surface area (Å²) >= 11 is 0. The third kappa shape index (κ3) is 5.78. The van der Waals surface area contributed by atoms with Crippen LogP contribution in [0.1, 0.15) is 18.4 Å².